The quantitative estimate of drug-likeness (QED) is 0.890. The predicted molar refractivity (Wildman–Crippen MR) is 93.0 cm³/mol. The van der Waals surface area contributed by atoms with Crippen molar-refractivity contribution in [3.8, 4) is 0 Å². The number of piperidine rings is 1. The number of hydrogen-bond acceptors (Lipinski definition) is 3. The summed E-state index contributed by atoms with van der Waals surface area (Å²) in [6, 6.07) is 10.2. The van der Waals surface area contributed by atoms with Crippen LogP contribution in [-0.4, -0.2) is 49.7 Å². The largest absolute Gasteiger partial charge is 0.338 e. The predicted octanol–water partition coefficient (Wildman–Crippen LogP) is 1.22. The molecule has 1 amide bonds. The van der Waals surface area contributed by atoms with Gasteiger partial charge in [0.2, 0.25) is 5.91 Å². The maximum atomic E-state index is 12.7. The molecule has 0 saturated carbocycles. The van der Waals surface area contributed by atoms with Crippen molar-refractivity contribution in [1.82, 2.24) is 9.21 Å². The molecule has 2 heterocycles. The third-order valence-corrected chi connectivity index (χ3v) is 5.91. The van der Waals surface area contributed by atoms with E-state index in [9.17, 15) is 13.2 Å². The summed E-state index contributed by atoms with van der Waals surface area (Å²) < 4.78 is 23.9. The lowest BCUT2D eigenvalue weighted by Crippen LogP contribution is -2.47. The second kappa shape index (κ2) is 7.04. The van der Waals surface area contributed by atoms with Gasteiger partial charge in [0.25, 0.3) is 10.2 Å². The topological polar surface area (TPSA) is 83.7 Å². The average molecular weight is 349 g/mol. The van der Waals surface area contributed by atoms with Gasteiger partial charge in [0.15, 0.2) is 0 Å². The molecule has 6 nitrogen and oxygen atoms in total. The first-order chi connectivity index (χ1) is 11.4. The van der Waals surface area contributed by atoms with Crippen LogP contribution in [0.4, 0.5) is 0 Å². The number of rotatable bonds is 3. The first kappa shape index (κ1) is 17.1. The Morgan fingerprint density at radius 3 is 2.29 bits per heavy atom. The SMILES string of the molecule is NS(=O)(=O)N1CCC(C(=O)N2CC=C(c3ccccc3)CC2)CC1. The van der Waals surface area contributed by atoms with Crippen molar-refractivity contribution >= 4 is 21.7 Å². The number of benzene rings is 1. The standard InChI is InChI=1S/C17H23N3O3S/c18-24(22,23)20-12-8-16(9-13-20)17(21)19-10-6-15(7-11-19)14-4-2-1-3-5-14/h1-6,16H,7-13H2,(H2,18,22,23). The highest BCUT2D eigenvalue weighted by Crippen LogP contribution is 2.25. The van der Waals surface area contributed by atoms with E-state index in [1.807, 2.05) is 23.1 Å². The minimum atomic E-state index is -3.64. The molecule has 1 fully saturated rings. The molecule has 2 aliphatic rings. The van der Waals surface area contributed by atoms with Gasteiger partial charge in [-0.15, -0.1) is 0 Å². The van der Waals surface area contributed by atoms with Crippen LogP contribution in [0.5, 0.6) is 0 Å². The number of carbonyl (C=O) groups is 1. The van der Waals surface area contributed by atoms with Gasteiger partial charge in [0.1, 0.15) is 0 Å². The molecule has 0 aromatic heterocycles. The van der Waals surface area contributed by atoms with Crippen LogP contribution in [0.3, 0.4) is 0 Å². The van der Waals surface area contributed by atoms with Crippen molar-refractivity contribution in [2.45, 2.75) is 19.3 Å². The van der Waals surface area contributed by atoms with Crippen LogP contribution < -0.4 is 5.14 Å². The lowest BCUT2D eigenvalue weighted by Gasteiger charge is -2.34. The van der Waals surface area contributed by atoms with Gasteiger partial charge in [-0.2, -0.15) is 12.7 Å². The van der Waals surface area contributed by atoms with E-state index in [4.69, 9.17) is 5.14 Å². The van der Waals surface area contributed by atoms with Gasteiger partial charge in [0, 0.05) is 32.1 Å². The Morgan fingerprint density at radius 1 is 1.08 bits per heavy atom. The summed E-state index contributed by atoms with van der Waals surface area (Å²) in [5.41, 5.74) is 2.50. The molecule has 1 saturated heterocycles. The smallest absolute Gasteiger partial charge is 0.276 e. The molecule has 0 spiro atoms. The second-order valence-electron chi connectivity index (χ2n) is 6.35. The van der Waals surface area contributed by atoms with Gasteiger partial charge in [-0.05, 0) is 30.4 Å². The van der Waals surface area contributed by atoms with E-state index in [1.165, 1.54) is 15.4 Å². The zero-order chi connectivity index (χ0) is 17.2. The summed E-state index contributed by atoms with van der Waals surface area (Å²) in [5, 5.41) is 5.14. The molecule has 1 aromatic rings. The molecule has 130 valence electrons. The molecular formula is C17H23N3O3S. The Hall–Kier alpha value is -1.70. The third-order valence-electron chi connectivity index (χ3n) is 4.83. The van der Waals surface area contributed by atoms with Gasteiger partial charge in [-0.3, -0.25) is 4.79 Å². The van der Waals surface area contributed by atoms with Gasteiger partial charge in [0.05, 0.1) is 0 Å². The lowest BCUT2D eigenvalue weighted by atomic mass is 9.94. The summed E-state index contributed by atoms with van der Waals surface area (Å²) in [6.07, 6.45) is 4.06. The highest BCUT2D eigenvalue weighted by molar-refractivity contribution is 7.86. The zero-order valence-corrected chi connectivity index (χ0v) is 14.4. The first-order valence-electron chi connectivity index (χ1n) is 8.26. The monoisotopic (exact) mass is 349 g/mol. The van der Waals surface area contributed by atoms with E-state index in [2.05, 4.69) is 18.2 Å². The highest BCUT2D eigenvalue weighted by atomic mass is 32.2. The summed E-state index contributed by atoms with van der Waals surface area (Å²) in [7, 11) is -3.64. The summed E-state index contributed by atoms with van der Waals surface area (Å²) in [4.78, 5) is 14.5. The van der Waals surface area contributed by atoms with E-state index in [0.717, 1.165) is 13.0 Å². The van der Waals surface area contributed by atoms with Gasteiger partial charge >= 0.3 is 0 Å². The van der Waals surface area contributed by atoms with Crippen molar-refractivity contribution in [3.63, 3.8) is 0 Å². The van der Waals surface area contributed by atoms with E-state index < -0.39 is 10.2 Å². The molecule has 0 unspecified atom stereocenters. The van der Waals surface area contributed by atoms with E-state index >= 15 is 0 Å². The Labute approximate surface area is 143 Å². The molecule has 1 aromatic carbocycles. The Balaban J connectivity index is 1.57. The Kier molecular flexibility index (Phi) is 5.03. The molecule has 0 atom stereocenters. The van der Waals surface area contributed by atoms with Gasteiger partial charge in [-0.25, -0.2) is 5.14 Å². The van der Waals surface area contributed by atoms with Crippen molar-refractivity contribution in [3.05, 3.63) is 42.0 Å². The lowest BCUT2D eigenvalue weighted by molar-refractivity contribution is -0.136. The molecule has 3 rings (SSSR count). The minimum absolute atomic E-state index is 0.102. The van der Waals surface area contributed by atoms with Crippen LogP contribution in [0.15, 0.2) is 36.4 Å². The van der Waals surface area contributed by atoms with Crippen LogP contribution >= 0.6 is 0 Å². The molecule has 7 heteroatoms. The molecule has 2 N–H and O–H groups in total. The van der Waals surface area contributed by atoms with Crippen molar-refractivity contribution in [1.29, 1.82) is 0 Å². The van der Waals surface area contributed by atoms with Crippen molar-refractivity contribution < 1.29 is 13.2 Å². The Morgan fingerprint density at radius 2 is 1.75 bits per heavy atom. The number of amides is 1. The maximum Gasteiger partial charge on any atom is 0.276 e. The van der Waals surface area contributed by atoms with Gasteiger partial charge in [-0.1, -0.05) is 36.4 Å². The molecule has 24 heavy (non-hydrogen) atoms. The van der Waals surface area contributed by atoms with Crippen molar-refractivity contribution in [2.75, 3.05) is 26.2 Å². The second-order valence-corrected chi connectivity index (χ2v) is 7.89. The number of nitrogens with zero attached hydrogens (tertiary/aromatic N) is 2. The average Bonchev–Trinajstić information content (AvgIpc) is 2.61. The summed E-state index contributed by atoms with van der Waals surface area (Å²) >= 11 is 0. The summed E-state index contributed by atoms with van der Waals surface area (Å²) in [6.45, 7) is 2.00. The number of hydrogen-bond donors (Lipinski definition) is 1. The van der Waals surface area contributed by atoms with Crippen LogP contribution in [0.1, 0.15) is 24.8 Å². The van der Waals surface area contributed by atoms with Crippen LogP contribution in [-0.2, 0) is 15.0 Å². The molecule has 2 aliphatic heterocycles. The molecular weight excluding hydrogens is 326 g/mol. The maximum absolute atomic E-state index is 12.7. The number of nitrogens with two attached hydrogens (primary N) is 1. The van der Waals surface area contributed by atoms with E-state index in [0.29, 0.717) is 32.5 Å². The third kappa shape index (κ3) is 3.85. The van der Waals surface area contributed by atoms with Gasteiger partial charge < -0.3 is 4.90 Å². The van der Waals surface area contributed by atoms with Crippen molar-refractivity contribution in [2.24, 2.45) is 11.1 Å². The zero-order valence-electron chi connectivity index (χ0n) is 13.6. The minimum Gasteiger partial charge on any atom is -0.338 e. The molecule has 0 bridgehead atoms. The number of carbonyl (C=O) groups excluding carboxylic acids is 1. The van der Waals surface area contributed by atoms with E-state index in [-0.39, 0.29) is 11.8 Å². The molecule has 0 aliphatic carbocycles. The first-order valence-corrected chi connectivity index (χ1v) is 9.76. The fraction of sp³-hybridized carbons (Fsp3) is 0.471. The summed E-state index contributed by atoms with van der Waals surface area (Å²) in [5.74, 6) is 0.0297. The molecule has 0 radical (unpaired) electrons. The van der Waals surface area contributed by atoms with E-state index in [1.54, 1.807) is 0 Å². The highest BCUT2D eigenvalue weighted by Gasteiger charge is 2.32. The fourth-order valence-corrected chi connectivity index (χ4v) is 4.12. The Bertz CT molecular complexity index is 723. The normalized spacial score (nSPS) is 20.7. The fourth-order valence-electron chi connectivity index (χ4n) is 3.40. The van der Waals surface area contributed by atoms with Crippen LogP contribution in [0.2, 0.25) is 0 Å². The van der Waals surface area contributed by atoms with Crippen LogP contribution in [0.25, 0.3) is 5.57 Å². The van der Waals surface area contributed by atoms with Crippen LogP contribution in [0, 0.1) is 5.92 Å².